The molecule has 2 aliphatic rings. The molecule has 0 amide bonds. The summed E-state index contributed by atoms with van der Waals surface area (Å²) in [6.45, 7) is 4.49. The van der Waals surface area contributed by atoms with E-state index >= 15 is 0 Å². The minimum Gasteiger partial charge on any atom is -0.508 e. The molecule has 0 bridgehead atoms. The highest BCUT2D eigenvalue weighted by Gasteiger charge is 2.20. The van der Waals surface area contributed by atoms with Crippen LogP contribution in [0.25, 0.3) is 11.1 Å². The standard InChI is InChI=1S/C22H22N4O3/c27-19-4-2-16(17-3-5-20-21(13-17)29-15-28-20)12-18(19)14-25-8-10-26(11-9-25)22-23-6-1-7-24-22/h1-7,12-13,27H,8-11,14-15H2. The largest absolute Gasteiger partial charge is 0.508 e. The number of benzene rings is 2. The van der Waals surface area contributed by atoms with Crippen molar-refractivity contribution in [1.82, 2.24) is 14.9 Å². The summed E-state index contributed by atoms with van der Waals surface area (Å²) < 4.78 is 10.9. The van der Waals surface area contributed by atoms with Crippen LogP contribution in [0.4, 0.5) is 5.95 Å². The third kappa shape index (κ3) is 3.69. The smallest absolute Gasteiger partial charge is 0.231 e. The molecule has 1 aromatic heterocycles. The number of nitrogens with zero attached hydrogens (tertiary/aromatic N) is 4. The molecule has 1 saturated heterocycles. The highest BCUT2D eigenvalue weighted by molar-refractivity contribution is 5.69. The fraction of sp³-hybridized carbons (Fsp3) is 0.273. The van der Waals surface area contributed by atoms with Crippen LogP contribution in [0, 0.1) is 0 Å². The van der Waals surface area contributed by atoms with Gasteiger partial charge in [0.05, 0.1) is 0 Å². The van der Waals surface area contributed by atoms with Gasteiger partial charge in [-0.05, 0) is 41.5 Å². The predicted octanol–water partition coefficient (Wildman–Crippen LogP) is 2.90. The van der Waals surface area contributed by atoms with E-state index in [0.29, 0.717) is 12.3 Å². The van der Waals surface area contributed by atoms with Crippen molar-refractivity contribution >= 4 is 5.95 Å². The zero-order valence-corrected chi connectivity index (χ0v) is 16.0. The minimum atomic E-state index is 0.264. The highest BCUT2D eigenvalue weighted by Crippen LogP contribution is 2.37. The molecule has 1 N–H and O–H groups in total. The van der Waals surface area contributed by atoms with Crippen LogP contribution in [-0.4, -0.2) is 52.9 Å². The SMILES string of the molecule is Oc1ccc(-c2ccc3c(c2)OCO3)cc1CN1CCN(c2ncccn2)CC1. The number of ether oxygens (including phenoxy) is 2. The van der Waals surface area contributed by atoms with Gasteiger partial charge >= 0.3 is 0 Å². The maximum atomic E-state index is 10.4. The first kappa shape index (κ1) is 17.8. The Morgan fingerprint density at radius 3 is 2.41 bits per heavy atom. The summed E-state index contributed by atoms with van der Waals surface area (Å²) >= 11 is 0. The topological polar surface area (TPSA) is 71.0 Å². The van der Waals surface area contributed by atoms with Crippen LogP contribution in [0.5, 0.6) is 17.2 Å². The van der Waals surface area contributed by atoms with Gasteiger partial charge in [-0.15, -0.1) is 0 Å². The van der Waals surface area contributed by atoms with Crippen molar-refractivity contribution in [3.8, 4) is 28.4 Å². The lowest BCUT2D eigenvalue weighted by Gasteiger charge is -2.34. The zero-order valence-electron chi connectivity index (χ0n) is 16.0. The molecule has 0 radical (unpaired) electrons. The number of hydrogen-bond donors (Lipinski definition) is 1. The van der Waals surface area contributed by atoms with Crippen molar-refractivity contribution in [2.45, 2.75) is 6.54 Å². The summed E-state index contributed by atoms with van der Waals surface area (Å²) in [4.78, 5) is 13.2. The zero-order chi connectivity index (χ0) is 19.6. The molecule has 3 aromatic rings. The first-order chi connectivity index (χ1) is 14.3. The third-order valence-corrected chi connectivity index (χ3v) is 5.39. The van der Waals surface area contributed by atoms with Crippen molar-refractivity contribution in [2.24, 2.45) is 0 Å². The summed E-state index contributed by atoms with van der Waals surface area (Å²) in [6.07, 6.45) is 3.54. The second kappa shape index (κ2) is 7.60. The number of piperazine rings is 1. The number of rotatable bonds is 4. The summed E-state index contributed by atoms with van der Waals surface area (Å²) in [5, 5.41) is 10.4. The van der Waals surface area contributed by atoms with Crippen molar-refractivity contribution in [2.75, 3.05) is 37.9 Å². The van der Waals surface area contributed by atoms with E-state index in [2.05, 4.69) is 25.8 Å². The molecule has 3 heterocycles. The molecule has 0 unspecified atom stereocenters. The Balaban J connectivity index is 1.29. The van der Waals surface area contributed by atoms with E-state index in [-0.39, 0.29) is 6.79 Å². The predicted molar refractivity (Wildman–Crippen MR) is 109 cm³/mol. The van der Waals surface area contributed by atoms with Crippen LogP contribution < -0.4 is 14.4 Å². The first-order valence-corrected chi connectivity index (χ1v) is 9.72. The average molecular weight is 390 g/mol. The van der Waals surface area contributed by atoms with E-state index in [0.717, 1.165) is 60.3 Å². The Hall–Kier alpha value is -3.32. The molecule has 29 heavy (non-hydrogen) atoms. The van der Waals surface area contributed by atoms with Gasteiger partial charge in [0.2, 0.25) is 12.7 Å². The van der Waals surface area contributed by atoms with Gasteiger partial charge in [-0.1, -0.05) is 12.1 Å². The van der Waals surface area contributed by atoms with Gasteiger partial charge in [0, 0.05) is 50.7 Å². The lowest BCUT2D eigenvalue weighted by atomic mass is 10.0. The maximum Gasteiger partial charge on any atom is 0.231 e. The van der Waals surface area contributed by atoms with E-state index in [1.54, 1.807) is 18.5 Å². The Bertz CT molecular complexity index is 1000. The molecule has 1 fully saturated rings. The van der Waals surface area contributed by atoms with Gasteiger partial charge in [-0.2, -0.15) is 0 Å². The van der Waals surface area contributed by atoms with Crippen LogP contribution in [0.15, 0.2) is 54.9 Å². The van der Waals surface area contributed by atoms with Crippen molar-refractivity contribution < 1.29 is 14.6 Å². The van der Waals surface area contributed by atoms with E-state index in [1.165, 1.54) is 0 Å². The second-order valence-corrected chi connectivity index (χ2v) is 7.22. The molecule has 5 rings (SSSR count). The van der Waals surface area contributed by atoms with Crippen LogP contribution in [0.1, 0.15) is 5.56 Å². The Morgan fingerprint density at radius 1 is 0.862 bits per heavy atom. The minimum absolute atomic E-state index is 0.264. The van der Waals surface area contributed by atoms with Crippen molar-refractivity contribution in [3.63, 3.8) is 0 Å². The van der Waals surface area contributed by atoms with Crippen LogP contribution in [-0.2, 0) is 6.54 Å². The van der Waals surface area contributed by atoms with E-state index in [9.17, 15) is 5.11 Å². The number of anilines is 1. The van der Waals surface area contributed by atoms with Gasteiger partial charge < -0.3 is 19.5 Å². The fourth-order valence-corrected chi connectivity index (χ4v) is 3.77. The van der Waals surface area contributed by atoms with Crippen molar-refractivity contribution in [1.29, 1.82) is 0 Å². The van der Waals surface area contributed by atoms with Crippen LogP contribution in [0.3, 0.4) is 0 Å². The first-order valence-electron chi connectivity index (χ1n) is 9.72. The number of phenols is 1. The summed E-state index contributed by atoms with van der Waals surface area (Å²) in [7, 11) is 0. The maximum absolute atomic E-state index is 10.4. The molecular formula is C22H22N4O3. The van der Waals surface area contributed by atoms with E-state index in [1.807, 2.05) is 30.3 Å². The molecule has 0 spiro atoms. The Kier molecular flexibility index (Phi) is 4.65. The van der Waals surface area contributed by atoms with Gasteiger partial charge in [0.1, 0.15) is 5.75 Å². The summed E-state index contributed by atoms with van der Waals surface area (Å²) in [6, 6.07) is 13.5. The lowest BCUT2D eigenvalue weighted by molar-refractivity contribution is 0.174. The van der Waals surface area contributed by atoms with Crippen LogP contribution >= 0.6 is 0 Å². The summed E-state index contributed by atoms with van der Waals surface area (Å²) in [5.74, 6) is 2.63. The molecule has 0 atom stereocenters. The molecule has 0 saturated carbocycles. The molecule has 7 nitrogen and oxygen atoms in total. The van der Waals surface area contributed by atoms with Gasteiger partial charge in [-0.3, -0.25) is 4.90 Å². The van der Waals surface area contributed by atoms with E-state index in [4.69, 9.17) is 9.47 Å². The Labute approximate surface area is 169 Å². The molecule has 2 aromatic carbocycles. The molecular weight excluding hydrogens is 368 g/mol. The third-order valence-electron chi connectivity index (χ3n) is 5.39. The van der Waals surface area contributed by atoms with Crippen molar-refractivity contribution in [3.05, 3.63) is 60.4 Å². The normalized spacial score (nSPS) is 16.2. The average Bonchev–Trinajstić information content (AvgIpc) is 3.24. The molecule has 148 valence electrons. The second-order valence-electron chi connectivity index (χ2n) is 7.22. The van der Waals surface area contributed by atoms with Gasteiger partial charge in [-0.25, -0.2) is 9.97 Å². The van der Waals surface area contributed by atoms with E-state index < -0.39 is 0 Å². The number of hydrogen-bond acceptors (Lipinski definition) is 7. The number of aromatic nitrogens is 2. The quantitative estimate of drug-likeness (QED) is 0.734. The molecule has 0 aliphatic carbocycles. The molecule has 2 aliphatic heterocycles. The fourth-order valence-electron chi connectivity index (χ4n) is 3.77. The van der Waals surface area contributed by atoms with Gasteiger partial charge in [0.15, 0.2) is 11.5 Å². The monoisotopic (exact) mass is 390 g/mol. The number of aromatic hydroxyl groups is 1. The summed E-state index contributed by atoms with van der Waals surface area (Å²) in [5.41, 5.74) is 3.01. The number of phenolic OH excluding ortho intramolecular Hbond substituents is 1. The van der Waals surface area contributed by atoms with Gasteiger partial charge in [0.25, 0.3) is 0 Å². The van der Waals surface area contributed by atoms with Crippen LogP contribution in [0.2, 0.25) is 0 Å². The highest BCUT2D eigenvalue weighted by atomic mass is 16.7. The lowest BCUT2D eigenvalue weighted by Crippen LogP contribution is -2.46. The molecule has 7 heteroatoms. The Morgan fingerprint density at radius 2 is 1.59 bits per heavy atom. The number of fused-ring (bicyclic) bond motifs is 1.